The molecule has 2 heterocycles. The summed E-state index contributed by atoms with van der Waals surface area (Å²) in [5.41, 5.74) is 1.49. The van der Waals surface area contributed by atoms with E-state index in [1.807, 2.05) is 11.3 Å². The van der Waals surface area contributed by atoms with Crippen molar-refractivity contribution in [3.05, 3.63) is 21.9 Å². The Labute approximate surface area is 95.9 Å². The molecule has 84 valence electrons. The van der Waals surface area contributed by atoms with Gasteiger partial charge in [-0.15, -0.1) is 11.3 Å². The molecule has 0 N–H and O–H groups in total. The molecule has 0 spiro atoms. The zero-order valence-corrected chi connectivity index (χ0v) is 10.5. The predicted molar refractivity (Wildman–Crippen MR) is 64.5 cm³/mol. The second-order valence-corrected chi connectivity index (χ2v) is 5.40. The number of likely N-dealkylation sites (N-methyl/N-ethyl adjacent to an activating group) is 1. The van der Waals surface area contributed by atoms with Gasteiger partial charge in [-0.25, -0.2) is 0 Å². The highest BCUT2D eigenvalue weighted by molar-refractivity contribution is 7.10. The van der Waals surface area contributed by atoms with Crippen LogP contribution in [0.25, 0.3) is 0 Å². The van der Waals surface area contributed by atoms with Crippen LogP contribution in [0.2, 0.25) is 0 Å². The van der Waals surface area contributed by atoms with Gasteiger partial charge in [0.1, 0.15) is 6.10 Å². The minimum Gasteiger partial charge on any atom is -0.371 e. The summed E-state index contributed by atoms with van der Waals surface area (Å²) in [5, 5.41) is 2.18. The van der Waals surface area contributed by atoms with Crippen molar-refractivity contribution >= 4 is 11.3 Å². The molecule has 0 aliphatic carbocycles. The van der Waals surface area contributed by atoms with E-state index in [1.165, 1.54) is 10.4 Å². The molecule has 0 aromatic carbocycles. The maximum atomic E-state index is 5.85. The maximum Gasteiger partial charge on any atom is 0.105 e. The summed E-state index contributed by atoms with van der Waals surface area (Å²) in [5.74, 6) is 0. The van der Waals surface area contributed by atoms with E-state index < -0.39 is 0 Å². The Bertz CT molecular complexity index is 321. The lowest BCUT2D eigenvalue weighted by Gasteiger charge is -2.29. The number of fused-ring (bicyclic) bond motifs is 1. The summed E-state index contributed by atoms with van der Waals surface area (Å²) in [7, 11) is 2.16. The van der Waals surface area contributed by atoms with Crippen LogP contribution in [0.3, 0.4) is 0 Å². The first-order valence-electron chi connectivity index (χ1n) is 5.56. The van der Waals surface area contributed by atoms with E-state index in [0.717, 1.165) is 19.6 Å². The van der Waals surface area contributed by atoms with Crippen molar-refractivity contribution in [3.8, 4) is 0 Å². The van der Waals surface area contributed by atoms with Crippen LogP contribution in [0.5, 0.6) is 0 Å². The molecule has 0 bridgehead atoms. The van der Waals surface area contributed by atoms with Gasteiger partial charge in [0.05, 0.1) is 6.61 Å². The fraction of sp³-hybridized carbons (Fsp3) is 0.667. The smallest absolute Gasteiger partial charge is 0.105 e. The van der Waals surface area contributed by atoms with Gasteiger partial charge in [0.25, 0.3) is 0 Å². The molecule has 0 saturated heterocycles. The van der Waals surface area contributed by atoms with Crippen LogP contribution < -0.4 is 0 Å². The number of nitrogens with zero attached hydrogens (tertiary/aromatic N) is 1. The van der Waals surface area contributed by atoms with E-state index >= 15 is 0 Å². The Morgan fingerprint density at radius 1 is 1.60 bits per heavy atom. The average molecular weight is 225 g/mol. The Morgan fingerprint density at radius 3 is 3.13 bits per heavy atom. The van der Waals surface area contributed by atoms with E-state index in [0.29, 0.717) is 12.1 Å². The molecule has 3 heteroatoms. The monoisotopic (exact) mass is 225 g/mol. The third kappa shape index (κ3) is 2.41. The molecule has 0 saturated carbocycles. The normalized spacial score (nSPS) is 21.0. The SMILES string of the molecule is CC(C)N(C)C[C@@H]1OCCc2ccsc21. The van der Waals surface area contributed by atoms with Crippen LogP contribution >= 0.6 is 11.3 Å². The van der Waals surface area contributed by atoms with Crippen molar-refractivity contribution in [3.63, 3.8) is 0 Å². The molecule has 0 radical (unpaired) electrons. The van der Waals surface area contributed by atoms with Gasteiger partial charge in [-0.3, -0.25) is 0 Å². The van der Waals surface area contributed by atoms with Crippen molar-refractivity contribution in [2.75, 3.05) is 20.2 Å². The first-order valence-corrected chi connectivity index (χ1v) is 6.44. The standard InChI is InChI=1S/C12H19NOS/c1-9(2)13(3)8-11-12-10(4-6-14-11)5-7-15-12/h5,7,9,11H,4,6,8H2,1-3H3/t11-/m0/s1. The summed E-state index contributed by atoms with van der Waals surface area (Å²) in [6, 6.07) is 2.82. The third-order valence-electron chi connectivity index (χ3n) is 3.10. The van der Waals surface area contributed by atoms with Crippen molar-refractivity contribution in [2.45, 2.75) is 32.4 Å². The molecule has 15 heavy (non-hydrogen) atoms. The molecule has 1 aliphatic rings. The summed E-state index contributed by atoms with van der Waals surface area (Å²) in [4.78, 5) is 3.79. The fourth-order valence-corrected chi connectivity index (χ4v) is 2.83. The largest absolute Gasteiger partial charge is 0.371 e. The molecule has 1 aliphatic heterocycles. The average Bonchev–Trinajstić information content (AvgIpc) is 2.66. The zero-order chi connectivity index (χ0) is 10.8. The van der Waals surface area contributed by atoms with Gasteiger partial charge in [-0.1, -0.05) is 0 Å². The lowest BCUT2D eigenvalue weighted by molar-refractivity contribution is 0.0184. The zero-order valence-electron chi connectivity index (χ0n) is 9.69. The third-order valence-corrected chi connectivity index (χ3v) is 4.15. The molecule has 0 fully saturated rings. The highest BCUT2D eigenvalue weighted by Gasteiger charge is 2.23. The first kappa shape index (κ1) is 11.1. The lowest BCUT2D eigenvalue weighted by atomic mass is 10.1. The Balaban J connectivity index is 2.06. The van der Waals surface area contributed by atoms with Gasteiger partial charge in [0.15, 0.2) is 0 Å². The van der Waals surface area contributed by atoms with Crippen molar-refractivity contribution in [1.82, 2.24) is 4.90 Å². The van der Waals surface area contributed by atoms with Gasteiger partial charge >= 0.3 is 0 Å². The molecule has 1 aromatic rings. The molecular formula is C12H19NOS. The van der Waals surface area contributed by atoms with Crippen LogP contribution in [0.1, 0.15) is 30.4 Å². The summed E-state index contributed by atoms with van der Waals surface area (Å²) in [6.45, 7) is 6.32. The Morgan fingerprint density at radius 2 is 2.40 bits per heavy atom. The molecule has 1 aromatic heterocycles. The second kappa shape index (κ2) is 4.64. The number of thiophene rings is 1. The highest BCUT2D eigenvalue weighted by Crippen LogP contribution is 2.32. The van der Waals surface area contributed by atoms with Crippen molar-refractivity contribution < 1.29 is 4.74 Å². The molecular weight excluding hydrogens is 206 g/mol. The van der Waals surface area contributed by atoms with Gasteiger partial charge in [-0.2, -0.15) is 0 Å². The predicted octanol–water partition coefficient (Wildman–Crippen LogP) is 2.70. The summed E-state index contributed by atoms with van der Waals surface area (Å²) in [6.07, 6.45) is 1.38. The molecule has 0 unspecified atom stereocenters. The minimum absolute atomic E-state index is 0.293. The number of rotatable bonds is 3. The number of ether oxygens (including phenoxy) is 1. The highest BCUT2D eigenvalue weighted by atomic mass is 32.1. The molecule has 1 atom stereocenters. The van der Waals surface area contributed by atoms with Gasteiger partial charge < -0.3 is 9.64 Å². The quantitative estimate of drug-likeness (QED) is 0.784. The van der Waals surface area contributed by atoms with Crippen molar-refractivity contribution in [1.29, 1.82) is 0 Å². The Kier molecular flexibility index (Phi) is 3.44. The van der Waals surface area contributed by atoms with Crippen molar-refractivity contribution in [2.24, 2.45) is 0 Å². The summed E-state index contributed by atoms with van der Waals surface area (Å²) >= 11 is 1.84. The van der Waals surface area contributed by atoms with Crippen LogP contribution in [0.15, 0.2) is 11.4 Å². The van der Waals surface area contributed by atoms with Gasteiger partial charge in [0, 0.05) is 17.5 Å². The van der Waals surface area contributed by atoms with Gasteiger partial charge in [-0.05, 0) is 44.3 Å². The first-order chi connectivity index (χ1) is 7.18. The van der Waals surface area contributed by atoms with E-state index in [4.69, 9.17) is 4.74 Å². The van der Waals surface area contributed by atoms with Crippen LogP contribution in [0.4, 0.5) is 0 Å². The molecule has 2 nitrogen and oxygen atoms in total. The van der Waals surface area contributed by atoms with E-state index in [-0.39, 0.29) is 0 Å². The van der Waals surface area contributed by atoms with Gasteiger partial charge in [0.2, 0.25) is 0 Å². The van der Waals surface area contributed by atoms with E-state index in [9.17, 15) is 0 Å². The second-order valence-electron chi connectivity index (χ2n) is 4.45. The number of hydrogen-bond acceptors (Lipinski definition) is 3. The van der Waals surface area contributed by atoms with Crippen LogP contribution in [0, 0.1) is 0 Å². The molecule has 2 rings (SSSR count). The number of hydrogen-bond donors (Lipinski definition) is 0. The summed E-state index contributed by atoms with van der Waals surface area (Å²) < 4.78 is 5.85. The minimum atomic E-state index is 0.293. The maximum absolute atomic E-state index is 5.85. The van der Waals surface area contributed by atoms with Crippen LogP contribution in [-0.2, 0) is 11.2 Å². The Hall–Kier alpha value is -0.380. The van der Waals surface area contributed by atoms with E-state index in [1.54, 1.807) is 0 Å². The molecule has 0 amide bonds. The lowest BCUT2D eigenvalue weighted by Crippen LogP contribution is -2.33. The fourth-order valence-electron chi connectivity index (χ4n) is 1.83. The topological polar surface area (TPSA) is 12.5 Å². The van der Waals surface area contributed by atoms with E-state index in [2.05, 4.69) is 37.2 Å². The van der Waals surface area contributed by atoms with Crippen LogP contribution in [-0.4, -0.2) is 31.1 Å².